The number of ketones is 2. The van der Waals surface area contributed by atoms with Crippen LogP contribution in [0.3, 0.4) is 0 Å². The van der Waals surface area contributed by atoms with Gasteiger partial charge in [-0.05, 0) is 6.92 Å². The molecule has 0 fully saturated rings. The maximum absolute atomic E-state index is 13.1. The summed E-state index contributed by atoms with van der Waals surface area (Å²) in [5, 5.41) is 0. The van der Waals surface area contributed by atoms with Crippen LogP contribution in [-0.2, 0) is 19.1 Å². The Morgan fingerprint density at radius 2 is 1.25 bits per heavy atom. The molecule has 0 radical (unpaired) electrons. The molecule has 0 bridgehead atoms. The second-order valence-electron chi connectivity index (χ2n) is 4.34. The van der Waals surface area contributed by atoms with Crippen LogP contribution in [0.2, 0.25) is 0 Å². The first-order chi connectivity index (χ1) is 10.5. The summed E-state index contributed by atoms with van der Waals surface area (Å²) in [6.45, 7) is 1.02. The summed E-state index contributed by atoms with van der Waals surface area (Å²) in [7, 11) is 0. The van der Waals surface area contributed by atoms with Crippen LogP contribution in [0.1, 0.15) is 19.8 Å². The van der Waals surface area contributed by atoms with Crippen LogP contribution in [0, 0.1) is 0 Å². The lowest BCUT2D eigenvalue weighted by Gasteiger charge is -2.32. The molecule has 0 aromatic heterocycles. The molecule has 140 valence electrons. The van der Waals surface area contributed by atoms with E-state index in [9.17, 15) is 53.9 Å². The number of alkyl halides is 9. The van der Waals surface area contributed by atoms with E-state index >= 15 is 0 Å². The molecule has 0 unspecified atom stereocenters. The highest BCUT2D eigenvalue weighted by molar-refractivity contribution is 6.07. The topological polar surface area (TPSA) is 60.4 Å². The molecule has 0 saturated carbocycles. The summed E-state index contributed by atoms with van der Waals surface area (Å²) < 4.78 is 117. The molecule has 0 amide bonds. The number of esters is 1. The summed E-state index contributed by atoms with van der Waals surface area (Å²) in [5.41, 5.74) is 0. The Bertz CT molecular complexity index is 510. The summed E-state index contributed by atoms with van der Waals surface area (Å²) in [6.07, 6.45) is -10.6. The molecular weight excluding hydrogens is 367 g/mol. The monoisotopic (exact) mass is 376 g/mol. The van der Waals surface area contributed by atoms with Crippen LogP contribution in [0.5, 0.6) is 0 Å². The van der Waals surface area contributed by atoms with Gasteiger partial charge in [-0.3, -0.25) is 14.4 Å². The Hall–Kier alpha value is -1.82. The first kappa shape index (κ1) is 22.2. The lowest BCUT2D eigenvalue weighted by atomic mass is 9.96. The van der Waals surface area contributed by atoms with Crippen molar-refractivity contribution in [3.63, 3.8) is 0 Å². The van der Waals surface area contributed by atoms with E-state index in [1.807, 2.05) is 0 Å². The lowest BCUT2D eigenvalue weighted by molar-refractivity contribution is -0.388. The van der Waals surface area contributed by atoms with Crippen molar-refractivity contribution in [1.29, 1.82) is 0 Å². The maximum atomic E-state index is 13.1. The van der Waals surface area contributed by atoms with Gasteiger partial charge in [-0.1, -0.05) is 0 Å². The fourth-order valence-corrected chi connectivity index (χ4v) is 1.28. The average molecular weight is 376 g/mol. The van der Waals surface area contributed by atoms with Crippen LogP contribution in [0.25, 0.3) is 0 Å². The molecule has 0 heterocycles. The van der Waals surface area contributed by atoms with Crippen molar-refractivity contribution in [3.05, 3.63) is 0 Å². The number of halogens is 9. The van der Waals surface area contributed by atoms with Gasteiger partial charge in [0.05, 0.1) is 13.0 Å². The third-order valence-electron chi connectivity index (χ3n) is 2.50. The minimum Gasteiger partial charge on any atom is -0.466 e. The van der Waals surface area contributed by atoms with Gasteiger partial charge in [0.1, 0.15) is 6.42 Å². The zero-order valence-electron chi connectivity index (χ0n) is 11.7. The molecule has 0 saturated heterocycles. The Morgan fingerprint density at radius 3 is 1.62 bits per heavy atom. The van der Waals surface area contributed by atoms with Crippen molar-refractivity contribution in [3.8, 4) is 0 Å². The molecule has 0 aliphatic rings. The fourth-order valence-electron chi connectivity index (χ4n) is 1.28. The molecule has 0 aliphatic heterocycles. The molecule has 0 spiro atoms. The van der Waals surface area contributed by atoms with Crippen molar-refractivity contribution < 1.29 is 58.6 Å². The van der Waals surface area contributed by atoms with Crippen LogP contribution in [0.4, 0.5) is 39.5 Å². The van der Waals surface area contributed by atoms with E-state index in [0.717, 1.165) is 0 Å². The number of Topliss-reactive ketones (excluding diaryl/α,β-unsaturated/α-hetero) is 2. The van der Waals surface area contributed by atoms with Crippen molar-refractivity contribution in [1.82, 2.24) is 0 Å². The van der Waals surface area contributed by atoms with Crippen molar-refractivity contribution in [2.24, 2.45) is 0 Å². The van der Waals surface area contributed by atoms with Crippen molar-refractivity contribution >= 4 is 17.5 Å². The first-order valence-electron chi connectivity index (χ1n) is 5.93. The molecule has 0 atom stereocenters. The van der Waals surface area contributed by atoms with Crippen LogP contribution in [0.15, 0.2) is 0 Å². The summed E-state index contributed by atoms with van der Waals surface area (Å²) >= 11 is 0. The molecule has 0 N–H and O–H groups in total. The fraction of sp³-hybridized carbons (Fsp3) is 0.727. The molecule has 0 aromatic rings. The third-order valence-corrected chi connectivity index (χ3v) is 2.50. The van der Waals surface area contributed by atoms with E-state index < -0.39 is 54.3 Å². The van der Waals surface area contributed by atoms with E-state index in [0.29, 0.717) is 0 Å². The number of carbonyl (C=O) groups excluding carboxylic acids is 3. The molecule has 13 heteroatoms. The minimum absolute atomic E-state index is 0.258. The van der Waals surface area contributed by atoms with E-state index in [1.54, 1.807) is 0 Å². The highest BCUT2D eigenvalue weighted by Gasteiger charge is 2.83. The van der Waals surface area contributed by atoms with Gasteiger partial charge in [0.25, 0.3) is 0 Å². The van der Waals surface area contributed by atoms with E-state index in [2.05, 4.69) is 4.74 Å². The smallest absolute Gasteiger partial charge is 0.460 e. The van der Waals surface area contributed by atoms with Gasteiger partial charge in [0, 0.05) is 0 Å². The molecular formula is C11H9F9O4. The third kappa shape index (κ3) is 4.17. The highest BCUT2D eigenvalue weighted by atomic mass is 19.4. The van der Waals surface area contributed by atoms with Crippen LogP contribution in [-0.4, -0.2) is 48.1 Å². The van der Waals surface area contributed by atoms with Crippen molar-refractivity contribution in [2.45, 2.75) is 43.7 Å². The molecule has 0 rings (SSSR count). The van der Waals surface area contributed by atoms with Gasteiger partial charge in [-0.15, -0.1) is 0 Å². The second kappa shape index (κ2) is 6.97. The number of rotatable bonds is 8. The number of carbonyl (C=O) groups is 3. The normalized spacial score (nSPS) is 13.6. The van der Waals surface area contributed by atoms with Gasteiger partial charge in [0.2, 0.25) is 5.78 Å². The number of ether oxygens (including phenoxy) is 1. The lowest BCUT2D eigenvalue weighted by Crippen LogP contribution is -2.63. The Kier molecular flexibility index (Phi) is 6.44. The molecule has 0 aliphatic carbocycles. The Balaban J connectivity index is 5.33. The largest absolute Gasteiger partial charge is 0.466 e. The predicted octanol–water partition coefficient (Wildman–Crippen LogP) is 2.94. The summed E-state index contributed by atoms with van der Waals surface area (Å²) in [6, 6.07) is 0. The number of hydrogen-bond acceptors (Lipinski definition) is 4. The van der Waals surface area contributed by atoms with Gasteiger partial charge in [0.15, 0.2) is 5.78 Å². The second-order valence-corrected chi connectivity index (χ2v) is 4.34. The van der Waals surface area contributed by atoms with Gasteiger partial charge in [-0.25, -0.2) is 0 Å². The van der Waals surface area contributed by atoms with E-state index in [1.165, 1.54) is 6.92 Å². The van der Waals surface area contributed by atoms with Crippen LogP contribution >= 0.6 is 0 Å². The van der Waals surface area contributed by atoms with Crippen LogP contribution < -0.4 is 0 Å². The Morgan fingerprint density at radius 1 is 0.792 bits per heavy atom. The molecule has 4 nitrogen and oxygen atoms in total. The zero-order valence-corrected chi connectivity index (χ0v) is 11.7. The molecule has 0 aromatic carbocycles. The quantitative estimate of drug-likeness (QED) is 0.371. The SMILES string of the molecule is CCOC(=O)CC(=O)CC(=O)C(F)(F)C(F)(F)C(F)(F)C(F)(F)F. The number of hydrogen-bond donors (Lipinski definition) is 0. The van der Waals surface area contributed by atoms with E-state index in [-0.39, 0.29) is 6.61 Å². The zero-order chi connectivity index (χ0) is 19.6. The average Bonchev–Trinajstić information content (AvgIpc) is 2.36. The van der Waals surface area contributed by atoms with Gasteiger partial charge in [-0.2, -0.15) is 39.5 Å². The summed E-state index contributed by atoms with van der Waals surface area (Å²) in [5.74, 6) is -27.1. The standard InChI is InChI=1S/C11H9F9O4/c1-2-24-7(23)4-5(21)3-6(22)8(12,13)9(14,15)10(16,17)11(18,19)20/h2-4H2,1H3. The first-order valence-corrected chi connectivity index (χ1v) is 5.93. The van der Waals surface area contributed by atoms with E-state index in [4.69, 9.17) is 0 Å². The minimum atomic E-state index is -7.23. The predicted molar refractivity (Wildman–Crippen MR) is 56.8 cm³/mol. The maximum Gasteiger partial charge on any atom is 0.460 e. The molecule has 24 heavy (non-hydrogen) atoms. The summed E-state index contributed by atoms with van der Waals surface area (Å²) in [4.78, 5) is 32.8. The van der Waals surface area contributed by atoms with Crippen molar-refractivity contribution in [2.75, 3.05) is 6.61 Å². The van der Waals surface area contributed by atoms with Gasteiger partial charge < -0.3 is 4.74 Å². The Labute approximate surface area is 127 Å². The highest BCUT2D eigenvalue weighted by Crippen LogP contribution is 2.53. The van der Waals surface area contributed by atoms with Gasteiger partial charge >= 0.3 is 29.9 Å².